The van der Waals surface area contributed by atoms with E-state index in [4.69, 9.17) is 4.74 Å². The fraction of sp³-hybridized carbons (Fsp3) is 0.588. The Morgan fingerprint density at radius 2 is 2.05 bits per heavy atom. The number of benzene rings is 1. The SMILES string of the molecule is CNC(CN1CCCC1(C)C)(C(=O)OC)c1ccccc1. The molecule has 1 aliphatic rings. The van der Waals surface area contributed by atoms with Crippen LogP contribution in [0.1, 0.15) is 32.3 Å². The second-order valence-corrected chi connectivity index (χ2v) is 6.35. The maximum Gasteiger partial charge on any atom is 0.332 e. The quantitative estimate of drug-likeness (QED) is 0.844. The number of ether oxygens (including phenoxy) is 1. The highest BCUT2D eigenvalue weighted by Gasteiger charge is 2.45. The van der Waals surface area contributed by atoms with Crippen LogP contribution < -0.4 is 5.32 Å². The van der Waals surface area contributed by atoms with Crippen LogP contribution in [0.15, 0.2) is 30.3 Å². The fourth-order valence-corrected chi connectivity index (χ4v) is 3.24. The summed E-state index contributed by atoms with van der Waals surface area (Å²) in [5.74, 6) is -0.237. The number of likely N-dealkylation sites (N-methyl/N-ethyl adjacent to an activating group) is 1. The van der Waals surface area contributed by atoms with E-state index in [9.17, 15) is 4.79 Å². The van der Waals surface area contributed by atoms with Crippen molar-refractivity contribution >= 4 is 5.97 Å². The highest BCUT2D eigenvalue weighted by Crippen LogP contribution is 2.33. The molecule has 0 aromatic heterocycles. The Bertz CT molecular complexity index is 487. The van der Waals surface area contributed by atoms with Crippen LogP contribution in [0.2, 0.25) is 0 Å². The molecule has 4 nitrogen and oxygen atoms in total. The molecular formula is C17H26N2O2. The predicted molar refractivity (Wildman–Crippen MR) is 84.1 cm³/mol. The van der Waals surface area contributed by atoms with Crippen molar-refractivity contribution in [1.29, 1.82) is 0 Å². The number of hydrogen-bond donors (Lipinski definition) is 1. The van der Waals surface area contributed by atoms with Gasteiger partial charge in [-0.15, -0.1) is 0 Å². The van der Waals surface area contributed by atoms with E-state index in [1.165, 1.54) is 13.5 Å². The van der Waals surface area contributed by atoms with E-state index in [-0.39, 0.29) is 11.5 Å². The van der Waals surface area contributed by atoms with E-state index < -0.39 is 5.54 Å². The summed E-state index contributed by atoms with van der Waals surface area (Å²) in [6.07, 6.45) is 2.32. The van der Waals surface area contributed by atoms with Gasteiger partial charge in [0, 0.05) is 12.1 Å². The van der Waals surface area contributed by atoms with E-state index >= 15 is 0 Å². The Labute approximate surface area is 127 Å². The van der Waals surface area contributed by atoms with Crippen molar-refractivity contribution in [3.8, 4) is 0 Å². The standard InChI is InChI=1S/C17H26N2O2/c1-16(2)11-8-12-19(16)13-17(18-3,15(20)21-4)14-9-6-5-7-10-14/h5-7,9-10,18H,8,11-13H2,1-4H3. The van der Waals surface area contributed by atoms with Gasteiger partial charge in [-0.3, -0.25) is 4.90 Å². The summed E-state index contributed by atoms with van der Waals surface area (Å²) in [4.78, 5) is 14.9. The first-order valence-electron chi connectivity index (χ1n) is 7.54. The second-order valence-electron chi connectivity index (χ2n) is 6.35. The van der Waals surface area contributed by atoms with Crippen LogP contribution in [-0.2, 0) is 15.1 Å². The first-order chi connectivity index (χ1) is 9.96. The molecule has 1 aliphatic heterocycles. The fourth-order valence-electron chi connectivity index (χ4n) is 3.24. The van der Waals surface area contributed by atoms with Gasteiger partial charge in [-0.2, -0.15) is 0 Å². The van der Waals surface area contributed by atoms with E-state index in [1.807, 2.05) is 37.4 Å². The molecule has 0 spiro atoms. The number of nitrogens with one attached hydrogen (secondary N) is 1. The average molecular weight is 290 g/mol. The molecule has 21 heavy (non-hydrogen) atoms. The molecule has 4 heteroatoms. The number of carbonyl (C=O) groups excluding carboxylic acids is 1. The number of likely N-dealkylation sites (tertiary alicyclic amines) is 1. The number of methoxy groups -OCH3 is 1. The van der Waals surface area contributed by atoms with Crippen molar-refractivity contribution in [2.45, 2.75) is 37.8 Å². The molecule has 116 valence electrons. The molecule has 1 atom stereocenters. The maximum absolute atomic E-state index is 12.6. The molecule has 0 saturated carbocycles. The molecule has 0 bridgehead atoms. The Balaban J connectivity index is 2.39. The van der Waals surface area contributed by atoms with Crippen molar-refractivity contribution in [3.05, 3.63) is 35.9 Å². The van der Waals surface area contributed by atoms with Crippen LogP contribution in [0, 0.1) is 0 Å². The molecule has 0 radical (unpaired) electrons. The Morgan fingerprint density at radius 3 is 2.52 bits per heavy atom. The predicted octanol–water partition coefficient (Wildman–Crippen LogP) is 2.15. The lowest BCUT2D eigenvalue weighted by molar-refractivity contribution is -0.150. The van der Waals surface area contributed by atoms with Gasteiger partial charge in [0.1, 0.15) is 0 Å². The molecule has 1 heterocycles. The molecule has 1 saturated heterocycles. The van der Waals surface area contributed by atoms with Crippen LogP contribution in [0.25, 0.3) is 0 Å². The van der Waals surface area contributed by atoms with Crippen LogP contribution in [0.5, 0.6) is 0 Å². The third-order valence-corrected chi connectivity index (χ3v) is 4.73. The topological polar surface area (TPSA) is 41.6 Å². The molecule has 1 aromatic carbocycles. The minimum Gasteiger partial charge on any atom is -0.467 e. The van der Waals surface area contributed by atoms with Crippen molar-refractivity contribution in [3.63, 3.8) is 0 Å². The van der Waals surface area contributed by atoms with Crippen molar-refractivity contribution < 1.29 is 9.53 Å². The van der Waals surface area contributed by atoms with Crippen molar-refractivity contribution in [2.75, 3.05) is 27.2 Å². The van der Waals surface area contributed by atoms with Gasteiger partial charge in [-0.05, 0) is 45.8 Å². The Kier molecular flexibility index (Phi) is 4.69. The lowest BCUT2D eigenvalue weighted by Crippen LogP contribution is -2.58. The molecule has 1 aromatic rings. The summed E-state index contributed by atoms with van der Waals surface area (Å²) >= 11 is 0. The van der Waals surface area contributed by atoms with E-state index in [0.29, 0.717) is 6.54 Å². The van der Waals surface area contributed by atoms with Crippen LogP contribution in [0.4, 0.5) is 0 Å². The monoisotopic (exact) mass is 290 g/mol. The van der Waals surface area contributed by atoms with Gasteiger partial charge in [-0.25, -0.2) is 4.79 Å². The molecule has 2 rings (SSSR count). The van der Waals surface area contributed by atoms with Gasteiger partial charge < -0.3 is 10.1 Å². The van der Waals surface area contributed by atoms with Gasteiger partial charge in [0.15, 0.2) is 5.54 Å². The third kappa shape index (κ3) is 2.97. The number of rotatable bonds is 5. The third-order valence-electron chi connectivity index (χ3n) is 4.73. The second kappa shape index (κ2) is 6.16. The van der Waals surface area contributed by atoms with Crippen LogP contribution in [-0.4, -0.2) is 43.7 Å². The van der Waals surface area contributed by atoms with Gasteiger partial charge in [0.05, 0.1) is 7.11 Å². The molecular weight excluding hydrogens is 264 g/mol. The maximum atomic E-state index is 12.6. The summed E-state index contributed by atoms with van der Waals surface area (Å²) in [6, 6.07) is 9.84. The molecule has 0 amide bonds. The highest BCUT2D eigenvalue weighted by molar-refractivity contribution is 5.83. The summed E-state index contributed by atoms with van der Waals surface area (Å²) < 4.78 is 5.11. The van der Waals surface area contributed by atoms with Crippen LogP contribution >= 0.6 is 0 Å². The van der Waals surface area contributed by atoms with E-state index in [1.54, 1.807) is 0 Å². The van der Waals surface area contributed by atoms with Crippen LogP contribution in [0.3, 0.4) is 0 Å². The van der Waals surface area contributed by atoms with Crippen molar-refractivity contribution in [1.82, 2.24) is 10.2 Å². The lowest BCUT2D eigenvalue weighted by Gasteiger charge is -2.40. The zero-order chi connectivity index (χ0) is 15.5. The zero-order valence-electron chi connectivity index (χ0n) is 13.5. The summed E-state index contributed by atoms with van der Waals surface area (Å²) in [5.41, 5.74) is 0.241. The lowest BCUT2D eigenvalue weighted by atomic mass is 9.88. The molecule has 0 aliphatic carbocycles. The van der Waals surface area contributed by atoms with Gasteiger partial charge >= 0.3 is 5.97 Å². The molecule has 1 fully saturated rings. The normalized spacial score (nSPS) is 21.0. The number of hydrogen-bond acceptors (Lipinski definition) is 4. The van der Waals surface area contributed by atoms with E-state index in [2.05, 4.69) is 24.1 Å². The van der Waals surface area contributed by atoms with Gasteiger partial charge in [0.25, 0.3) is 0 Å². The average Bonchev–Trinajstić information content (AvgIpc) is 2.83. The largest absolute Gasteiger partial charge is 0.467 e. The minimum absolute atomic E-state index is 0.116. The van der Waals surface area contributed by atoms with Gasteiger partial charge in [0.2, 0.25) is 0 Å². The number of esters is 1. The smallest absolute Gasteiger partial charge is 0.332 e. The van der Waals surface area contributed by atoms with Gasteiger partial charge in [-0.1, -0.05) is 30.3 Å². The molecule has 1 N–H and O–H groups in total. The Morgan fingerprint density at radius 1 is 1.38 bits per heavy atom. The van der Waals surface area contributed by atoms with E-state index in [0.717, 1.165) is 18.5 Å². The Hall–Kier alpha value is -1.39. The summed E-state index contributed by atoms with van der Waals surface area (Å²) in [7, 11) is 3.28. The zero-order valence-corrected chi connectivity index (χ0v) is 13.5. The molecule has 1 unspecified atom stereocenters. The number of nitrogens with zero attached hydrogens (tertiary/aromatic N) is 1. The van der Waals surface area contributed by atoms with Crippen molar-refractivity contribution in [2.24, 2.45) is 0 Å². The first-order valence-corrected chi connectivity index (χ1v) is 7.54. The number of carbonyl (C=O) groups is 1. The highest BCUT2D eigenvalue weighted by atomic mass is 16.5. The first kappa shape index (κ1) is 16.0. The summed E-state index contributed by atoms with van der Waals surface area (Å²) in [6.45, 7) is 6.11. The summed E-state index contributed by atoms with van der Waals surface area (Å²) in [5, 5.41) is 3.23. The minimum atomic E-state index is -0.822.